The predicted molar refractivity (Wildman–Crippen MR) is 119 cm³/mol. The van der Waals surface area contributed by atoms with E-state index in [4.69, 9.17) is 11.6 Å². The lowest BCUT2D eigenvalue weighted by Gasteiger charge is -2.35. The average molecular weight is 409 g/mol. The highest BCUT2D eigenvalue weighted by molar-refractivity contribution is 6.31. The van der Waals surface area contributed by atoms with E-state index in [1.54, 1.807) is 6.33 Å². The maximum Gasteiger partial charge on any atom is 0.156 e. The second-order valence-corrected chi connectivity index (χ2v) is 8.16. The number of nitrogens with zero attached hydrogens (tertiary/aromatic N) is 4. The van der Waals surface area contributed by atoms with Gasteiger partial charge in [-0.2, -0.15) is 0 Å². The van der Waals surface area contributed by atoms with Gasteiger partial charge >= 0.3 is 0 Å². The standard InChI is InChI=1S/C22H25ClN6/c23-17-4-5-19-18(13-17)16(14-25-19)3-1-2-8-28-9-11-29(12-10-28)22-21-20(6-7-24-21)26-15-27-22/h4-7,13-15,24-25H,1-3,8-12H2. The number of unbranched alkanes of at least 4 members (excludes halogenated alkanes) is 1. The summed E-state index contributed by atoms with van der Waals surface area (Å²) >= 11 is 6.16. The van der Waals surface area contributed by atoms with Crippen LogP contribution >= 0.6 is 11.6 Å². The summed E-state index contributed by atoms with van der Waals surface area (Å²) in [7, 11) is 0. The molecule has 6 nitrogen and oxygen atoms in total. The maximum atomic E-state index is 6.16. The maximum absolute atomic E-state index is 6.16. The summed E-state index contributed by atoms with van der Waals surface area (Å²) in [6, 6.07) is 8.06. The Kier molecular flexibility index (Phi) is 5.12. The minimum Gasteiger partial charge on any atom is -0.361 e. The molecule has 150 valence electrons. The lowest BCUT2D eigenvalue weighted by Crippen LogP contribution is -2.47. The molecule has 0 unspecified atom stereocenters. The molecule has 0 atom stereocenters. The van der Waals surface area contributed by atoms with Gasteiger partial charge in [0.2, 0.25) is 0 Å². The summed E-state index contributed by atoms with van der Waals surface area (Å²) in [5.41, 5.74) is 4.56. The van der Waals surface area contributed by atoms with Gasteiger partial charge in [-0.05, 0) is 55.6 Å². The van der Waals surface area contributed by atoms with E-state index in [0.29, 0.717) is 0 Å². The van der Waals surface area contributed by atoms with E-state index in [2.05, 4.69) is 48.1 Å². The molecule has 4 aromatic rings. The van der Waals surface area contributed by atoms with E-state index >= 15 is 0 Å². The van der Waals surface area contributed by atoms with Crippen molar-refractivity contribution in [3.8, 4) is 0 Å². The second kappa shape index (κ2) is 8.05. The summed E-state index contributed by atoms with van der Waals surface area (Å²) in [5.74, 6) is 1.03. The minimum absolute atomic E-state index is 0.802. The number of hydrogen-bond acceptors (Lipinski definition) is 4. The van der Waals surface area contributed by atoms with E-state index in [0.717, 1.165) is 61.0 Å². The fourth-order valence-corrected chi connectivity index (χ4v) is 4.46. The number of aromatic nitrogens is 4. The Bertz CT molecular complexity index is 1110. The highest BCUT2D eigenvalue weighted by Crippen LogP contribution is 2.24. The molecule has 0 bridgehead atoms. The molecular weight excluding hydrogens is 384 g/mol. The highest BCUT2D eigenvalue weighted by Gasteiger charge is 2.20. The topological polar surface area (TPSA) is 63.8 Å². The number of anilines is 1. The molecule has 0 aliphatic carbocycles. The average Bonchev–Trinajstić information content (AvgIpc) is 3.38. The number of halogens is 1. The van der Waals surface area contributed by atoms with Crippen molar-refractivity contribution in [3.05, 3.63) is 53.6 Å². The number of benzene rings is 1. The number of fused-ring (bicyclic) bond motifs is 2. The van der Waals surface area contributed by atoms with Crippen molar-refractivity contribution in [1.82, 2.24) is 24.8 Å². The van der Waals surface area contributed by atoms with Gasteiger partial charge in [-0.1, -0.05) is 11.6 Å². The number of hydrogen-bond donors (Lipinski definition) is 2. The van der Waals surface area contributed by atoms with Gasteiger partial charge < -0.3 is 14.9 Å². The third-order valence-corrected chi connectivity index (χ3v) is 6.13. The van der Waals surface area contributed by atoms with Crippen molar-refractivity contribution >= 4 is 39.4 Å². The van der Waals surface area contributed by atoms with E-state index in [1.807, 2.05) is 18.3 Å². The normalized spacial score (nSPS) is 15.6. The van der Waals surface area contributed by atoms with Crippen molar-refractivity contribution in [3.63, 3.8) is 0 Å². The number of H-pyrrole nitrogens is 2. The van der Waals surface area contributed by atoms with Gasteiger partial charge in [-0.15, -0.1) is 0 Å². The van der Waals surface area contributed by atoms with Crippen LogP contribution in [0.25, 0.3) is 21.9 Å². The summed E-state index contributed by atoms with van der Waals surface area (Å²) in [5, 5.41) is 2.06. The Morgan fingerprint density at radius 1 is 1.00 bits per heavy atom. The summed E-state index contributed by atoms with van der Waals surface area (Å²) in [6.07, 6.45) is 9.21. The number of aryl methyl sites for hydroxylation is 1. The van der Waals surface area contributed by atoms with Crippen molar-refractivity contribution in [2.24, 2.45) is 0 Å². The van der Waals surface area contributed by atoms with Gasteiger partial charge in [-0.3, -0.25) is 4.90 Å². The monoisotopic (exact) mass is 408 g/mol. The van der Waals surface area contributed by atoms with Crippen LogP contribution in [0.3, 0.4) is 0 Å². The van der Waals surface area contributed by atoms with Gasteiger partial charge in [-0.25, -0.2) is 9.97 Å². The van der Waals surface area contributed by atoms with E-state index in [-0.39, 0.29) is 0 Å². The van der Waals surface area contributed by atoms with Crippen LogP contribution in [0.4, 0.5) is 5.82 Å². The first-order chi connectivity index (χ1) is 14.3. The fourth-order valence-electron chi connectivity index (χ4n) is 4.29. The molecule has 0 amide bonds. The summed E-state index contributed by atoms with van der Waals surface area (Å²) in [4.78, 5) is 20.4. The van der Waals surface area contributed by atoms with E-state index in [1.165, 1.54) is 29.3 Å². The van der Waals surface area contributed by atoms with E-state index in [9.17, 15) is 0 Å². The van der Waals surface area contributed by atoms with Gasteiger partial charge in [0.1, 0.15) is 11.8 Å². The number of piperazine rings is 1. The van der Waals surface area contributed by atoms with Crippen molar-refractivity contribution in [2.45, 2.75) is 19.3 Å². The van der Waals surface area contributed by atoms with Crippen LogP contribution in [-0.2, 0) is 6.42 Å². The molecule has 2 N–H and O–H groups in total. The molecule has 4 heterocycles. The zero-order valence-corrected chi connectivity index (χ0v) is 17.1. The lowest BCUT2D eigenvalue weighted by molar-refractivity contribution is 0.252. The van der Waals surface area contributed by atoms with Crippen LogP contribution in [-0.4, -0.2) is 57.6 Å². The molecule has 0 radical (unpaired) electrons. The van der Waals surface area contributed by atoms with Gasteiger partial charge in [0.15, 0.2) is 5.82 Å². The fraction of sp³-hybridized carbons (Fsp3) is 0.364. The predicted octanol–water partition coefficient (Wildman–Crippen LogP) is 4.24. The Morgan fingerprint density at radius 3 is 2.79 bits per heavy atom. The number of nitrogens with one attached hydrogen (secondary N) is 2. The third-order valence-electron chi connectivity index (χ3n) is 5.90. The number of rotatable bonds is 6. The molecule has 1 fully saturated rings. The first-order valence-electron chi connectivity index (χ1n) is 10.3. The third kappa shape index (κ3) is 3.82. The molecule has 0 saturated carbocycles. The zero-order chi connectivity index (χ0) is 19.6. The van der Waals surface area contributed by atoms with Crippen molar-refractivity contribution < 1.29 is 0 Å². The largest absolute Gasteiger partial charge is 0.361 e. The summed E-state index contributed by atoms with van der Waals surface area (Å²) < 4.78 is 0. The molecule has 5 rings (SSSR count). The molecule has 0 spiro atoms. The molecule has 1 aliphatic rings. The molecular formula is C22H25ClN6. The van der Waals surface area contributed by atoms with Crippen LogP contribution in [0.2, 0.25) is 5.02 Å². The zero-order valence-electron chi connectivity index (χ0n) is 16.4. The van der Waals surface area contributed by atoms with Gasteiger partial charge in [0, 0.05) is 54.5 Å². The Balaban J connectivity index is 1.11. The van der Waals surface area contributed by atoms with Crippen LogP contribution in [0.1, 0.15) is 18.4 Å². The Morgan fingerprint density at radius 2 is 1.90 bits per heavy atom. The van der Waals surface area contributed by atoms with Crippen molar-refractivity contribution in [2.75, 3.05) is 37.6 Å². The molecule has 1 aromatic carbocycles. The second-order valence-electron chi connectivity index (χ2n) is 7.72. The minimum atomic E-state index is 0.802. The van der Waals surface area contributed by atoms with Gasteiger partial charge in [0.05, 0.1) is 5.52 Å². The van der Waals surface area contributed by atoms with Crippen LogP contribution < -0.4 is 4.90 Å². The molecule has 29 heavy (non-hydrogen) atoms. The van der Waals surface area contributed by atoms with Crippen LogP contribution in [0, 0.1) is 0 Å². The highest BCUT2D eigenvalue weighted by atomic mass is 35.5. The van der Waals surface area contributed by atoms with Crippen LogP contribution in [0.15, 0.2) is 43.0 Å². The van der Waals surface area contributed by atoms with Crippen molar-refractivity contribution in [1.29, 1.82) is 0 Å². The van der Waals surface area contributed by atoms with E-state index < -0.39 is 0 Å². The molecule has 7 heteroatoms. The lowest BCUT2D eigenvalue weighted by atomic mass is 10.1. The SMILES string of the molecule is Clc1ccc2[nH]cc(CCCCN3CCN(c4ncnc5cc[nH]c45)CC3)c2c1. The first kappa shape index (κ1) is 18.5. The molecule has 1 saturated heterocycles. The van der Waals surface area contributed by atoms with Crippen LogP contribution in [0.5, 0.6) is 0 Å². The molecule has 1 aliphatic heterocycles. The van der Waals surface area contributed by atoms with Gasteiger partial charge in [0.25, 0.3) is 0 Å². The number of aromatic amines is 2. The Hall–Kier alpha value is -2.57. The molecule has 3 aromatic heterocycles. The smallest absolute Gasteiger partial charge is 0.156 e. The summed E-state index contributed by atoms with van der Waals surface area (Å²) in [6.45, 7) is 5.32. The first-order valence-corrected chi connectivity index (χ1v) is 10.7. The quantitative estimate of drug-likeness (QED) is 0.468. The Labute approximate surface area is 174 Å².